The zero-order valence-corrected chi connectivity index (χ0v) is 21.2. The summed E-state index contributed by atoms with van der Waals surface area (Å²) in [6, 6.07) is 7.43. The lowest BCUT2D eigenvalue weighted by Crippen LogP contribution is -2.16. The van der Waals surface area contributed by atoms with Gasteiger partial charge in [0.1, 0.15) is 10.6 Å². The molecule has 11 heteroatoms. The highest BCUT2D eigenvalue weighted by Gasteiger charge is 2.24. The number of furan rings is 1. The van der Waals surface area contributed by atoms with Gasteiger partial charge in [0.05, 0.1) is 23.3 Å². The van der Waals surface area contributed by atoms with E-state index in [1.807, 2.05) is 38.3 Å². The van der Waals surface area contributed by atoms with E-state index in [9.17, 15) is 19.7 Å². The molecule has 1 amide bonds. The number of esters is 1. The Balaban J connectivity index is 1.57. The maximum atomic E-state index is 12.7. The van der Waals surface area contributed by atoms with Crippen LogP contribution >= 0.6 is 11.3 Å². The number of aromatic nitrogens is 1. The largest absolute Gasteiger partial charge is 0.462 e. The van der Waals surface area contributed by atoms with E-state index in [0.717, 1.165) is 32.4 Å². The molecule has 3 aromatic heterocycles. The van der Waals surface area contributed by atoms with Gasteiger partial charge in [-0.25, -0.2) is 10.2 Å². The molecule has 10 nitrogen and oxygen atoms in total. The van der Waals surface area contributed by atoms with E-state index in [0.29, 0.717) is 16.5 Å². The summed E-state index contributed by atoms with van der Waals surface area (Å²) < 4.78 is 12.7. The summed E-state index contributed by atoms with van der Waals surface area (Å²) in [5.41, 5.74) is 6.61. The van der Waals surface area contributed by atoms with Crippen molar-refractivity contribution >= 4 is 46.1 Å². The number of rotatable bonds is 7. The molecule has 0 aliphatic rings. The van der Waals surface area contributed by atoms with Gasteiger partial charge in [-0.05, 0) is 58.4 Å². The molecule has 4 aromatic rings. The van der Waals surface area contributed by atoms with Crippen LogP contribution < -0.4 is 5.43 Å². The van der Waals surface area contributed by atoms with Gasteiger partial charge in [-0.2, -0.15) is 5.10 Å². The van der Waals surface area contributed by atoms with Crippen LogP contribution in [-0.2, 0) is 4.74 Å². The predicted octanol–water partition coefficient (Wildman–Crippen LogP) is 5.37. The Morgan fingerprint density at radius 1 is 1.22 bits per heavy atom. The number of nitro benzene ring substituents is 1. The van der Waals surface area contributed by atoms with E-state index in [1.165, 1.54) is 41.8 Å². The van der Waals surface area contributed by atoms with E-state index in [2.05, 4.69) is 10.5 Å². The molecule has 0 aliphatic heterocycles. The van der Waals surface area contributed by atoms with Crippen molar-refractivity contribution in [2.45, 2.75) is 34.6 Å². The molecule has 1 aromatic carbocycles. The molecule has 3 heterocycles. The second-order valence-electron chi connectivity index (χ2n) is 8.13. The van der Waals surface area contributed by atoms with Crippen molar-refractivity contribution in [3.8, 4) is 5.00 Å². The fraction of sp³-hybridized carbons (Fsp3) is 0.240. The maximum absolute atomic E-state index is 12.7. The van der Waals surface area contributed by atoms with Crippen LogP contribution in [0.5, 0.6) is 0 Å². The summed E-state index contributed by atoms with van der Waals surface area (Å²) in [6.07, 6.45) is 1.52. The van der Waals surface area contributed by atoms with Gasteiger partial charge >= 0.3 is 11.9 Å². The third-order valence-corrected chi connectivity index (χ3v) is 7.02. The first-order valence-corrected chi connectivity index (χ1v) is 11.9. The Morgan fingerprint density at radius 3 is 2.67 bits per heavy atom. The maximum Gasteiger partial charge on any atom is 0.341 e. The molecule has 186 valence electrons. The van der Waals surface area contributed by atoms with Gasteiger partial charge in [-0.3, -0.25) is 14.9 Å². The molecule has 0 spiro atoms. The Bertz CT molecular complexity index is 1540. The number of hydrogen-bond acceptors (Lipinski definition) is 8. The highest BCUT2D eigenvalue weighted by atomic mass is 32.1. The average molecular weight is 509 g/mol. The van der Waals surface area contributed by atoms with E-state index in [1.54, 1.807) is 6.92 Å². The van der Waals surface area contributed by atoms with Crippen LogP contribution in [0.1, 0.15) is 55.2 Å². The van der Waals surface area contributed by atoms with Crippen LogP contribution in [-0.4, -0.2) is 34.2 Å². The Labute approximate surface area is 210 Å². The van der Waals surface area contributed by atoms with Crippen molar-refractivity contribution in [1.29, 1.82) is 0 Å². The number of aryl methyl sites for hydroxylation is 2. The standard InChI is InChI=1S/C25H24N4O6S/c1-6-34-25(31)22-14(3)16(5)36-24(22)28-13(2)9-18(15(28)4)12-26-27-23(30)21-11-17-10-19(29(32)33)7-8-20(17)35-21/h7-12H,6H2,1-5H3,(H,27,30)/b26-12+. The number of nitrogens with one attached hydrogen (secondary N) is 1. The summed E-state index contributed by atoms with van der Waals surface area (Å²) in [6.45, 7) is 9.77. The topological polar surface area (TPSA) is 129 Å². The lowest BCUT2D eigenvalue weighted by molar-refractivity contribution is -0.384. The van der Waals surface area contributed by atoms with Crippen LogP contribution in [0, 0.1) is 37.8 Å². The van der Waals surface area contributed by atoms with Crippen molar-refractivity contribution in [2.24, 2.45) is 5.10 Å². The fourth-order valence-electron chi connectivity index (χ4n) is 3.91. The third-order valence-electron chi connectivity index (χ3n) is 5.82. The molecular weight excluding hydrogens is 484 g/mol. The van der Waals surface area contributed by atoms with Crippen molar-refractivity contribution in [3.63, 3.8) is 0 Å². The van der Waals surface area contributed by atoms with Gasteiger partial charge in [0.2, 0.25) is 0 Å². The molecule has 0 unspecified atom stereocenters. The van der Waals surface area contributed by atoms with Crippen LogP contribution in [0.3, 0.4) is 0 Å². The Kier molecular flexibility index (Phi) is 6.75. The Hall–Kier alpha value is -4.25. The predicted molar refractivity (Wildman–Crippen MR) is 136 cm³/mol. The lowest BCUT2D eigenvalue weighted by Gasteiger charge is -2.10. The first kappa shape index (κ1) is 24.9. The van der Waals surface area contributed by atoms with Crippen LogP contribution in [0.2, 0.25) is 0 Å². The number of hydrogen-bond donors (Lipinski definition) is 1. The molecule has 0 bridgehead atoms. The number of ether oxygens (including phenoxy) is 1. The van der Waals surface area contributed by atoms with Gasteiger partial charge in [0.15, 0.2) is 5.76 Å². The van der Waals surface area contributed by atoms with Crippen molar-refractivity contribution in [1.82, 2.24) is 9.99 Å². The molecule has 0 aliphatic carbocycles. The van der Waals surface area contributed by atoms with E-state index >= 15 is 0 Å². The van der Waals surface area contributed by atoms with Crippen molar-refractivity contribution in [3.05, 3.63) is 79.2 Å². The number of nitro groups is 1. The SMILES string of the molecule is CCOC(=O)c1c(-n2c(C)cc(/C=N/NC(=O)c3cc4cc([N+](=O)[O-])ccc4o3)c2C)sc(C)c1C. The number of hydrazone groups is 1. The minimum absolute atomic E-state index is 0.0169. The van der Waals surface area contributed by atoms with Gasteiger partial charge < -0.3 is 13.7 Å². The molecule has 0 atom stereocenters. The highest BCUT2D eigenvalue weighted by Crippen LogP contribution is 2.34. The number of carbonyl (C=O) groups excluding carboxylic acids is 2. The first-order chi connectivity index (χ1) is 17.1. The van der Waals surface area contributed by atoms with Crippen LogP contribution in [0.25, 0.3) is 16.0 Å². The number of thiophene rings is 1. The number of benzene rings is 1. The zero-order valence-electron chi connectivity index (χ0n) is 20.4. The zero-order chi connectivity index (χ0) is 26.1. The molecular formula is C25H24N4O6S. The Morgan fingerprint density at radius 2 is 1.97 bits per heavy atom. The monoisotopic (exact) mass is 508 g/mol. The second-order valence-corrected chi connectivity index (χ2v) is 9.34. The first-order valence-electron chi connectivity index (χ1n) is 11.1. The minimum atomic E-state index is -0.590. The minimum Gasteiger partial charge on any atom is -0.462 e. The molecule has 0 radical (unpaired) electrons. The second kappa shape index (κ2) is 9.78. The van der Waals surface area contributed by atoms with E-state index in [4.69, 9.17) is 9.15 Å². The highest BCUT2D eigenvalue weighted by molar-refractivity contribution is 7.15. The number of amides is 1. The molecule has 36 heavy (non-hydrogen) atoms. The molecule has 0 fully saturated rings. The molecule has 4 rings (SSSR count). The molecule has 0 saturated carbocycles. The summed E-state index contributed by atoms with van der Waals surface area (Å²) in [4.78, 5) is 36.6. The van der Waals surface area contributed by atoms with Gasteiger partial charge in [0.25, 0.3) is 5.69 Å². The third kappa shape index (κ3) is 4.52. The summed E-state index contributed by atoms with van der Waals surface area (Å²) in [5, 5.41) is 16.2. The van der Waals surface area contributed by atoms with Crippen molar-refractivity contribution in [2.75, 3.05) is 6.61 Å². The van der Waals surface area contributed by atoms with Gasteiger partial charge in [0, 0.05) is 39.3 Å². The van der Waals surface area contributed by atoms with E-state index < -0.39 is 10.8 Å². The van der Waals surface area contributed by atoms with Gasteiger partial charge in [-0.15, -0.1) is 11.3 Å². The summed E-state index contributed by atoms with van der Waals surface area (Å²) in [5.74, 6) is -0.967. The molecule has 1 N–H and O–H groups in total. The smallest absolute Gasteiger partial charge is 0.341 e. The lowest BCUT2D eigenvalue weighted by atomic mass is 10.1. The van der Waals surface area contributed by atoms with Crippen LogP contribution in [0.15, 0.2) is 39.9 Å². The number of nitrogens with zero attached hydrogens (tertiary/aromatic N) is 3. The quantitative estimate of drug-likeness (QED) is 0.155. The van der Waals surface area contributed by atoms with Crippen molar-refractivity contribution < 1.29 is 23.7 Å². The average Bonchev–Trinajstić information content (AvgIpc) is 3.47. The van der Waals surface area contributed by atoms with E-state index in [-0.39, 0.29) is 24.0 Å². The summed E-state index contributed by atoms with van der Waals surface area (Å²) in [7, 11) is 0. The number of carbonyl (C=O) groups is 2. The van der Waals surface area contributed by atoms with Gasteiger partial charge in [-0.1, -0.05) is 0 Å². The summed E-state index contributed by atoms with van der Waals surface area (Å²) >= 11 is 1.51. The fourth-order valence-corrected chi connectivity index (χ4v) is 5.17. The van der Waals surface area contributed by atoms with Crippen LogP contribution in [0.4, 0.5) is 5.69 Å². The number of non-ortho nitro benzene ring substituents is 1. The molecule has 0 saturated heterocycles. The number of fused-ring (bicyclic) bond motifs is 1. The normalized spacial score (nSPS) is 11.4.